The second-order valence-electron chi connectivity index (χ2n) is 5.74. The summed E-state index contributed by atoms with van der Waals surface area (Å²) in [5, 5.41) is 10.8. The predicted octanol–water partition coefficient (Wildman–Crippen LogP) is 3.67. The van der Waals surface area contributed by atoms with E-state index in [1.807, 2.05) is 24.3 Å². The fourth-order valence-electron chi connectivity index (χ4n) is 3.31. The lowest BCUT2D eigenvalue weighted by Gasteiger charge is -2.27. The van der Waals surface area contributed by atoms with Crippen molar-refractivity contribution in [2.75, 3.05) is 18.2 Å². The number of nitrogens with zero attached hydrogens (tertiary/aromatic N) is 2. The maximum Gasteiger partial charge on any atom is 0.269 e. The highest BCUT2D eigenvalue weighted by Gasteiger charge is 2.28. The molecule has 1 unspecified atom stereocenters. The Bertz CT molecular complexity index is 745. The Labute approximate surface area is 133 Å². The van der Waals surface area contributed by atoms with Crippen LogP contribution in [0.3, 0.4) is 0 Å². The van der Waals surface area contributed by atoms with Gasteiger partial charge in [-0.2, -0.15) is 0 Å². The molecule has 1 saturated heterocycles. The van der Waals surface area contributed by atoms with Gasteiger partial charge in [-0.25, -0.2) is 0 Å². The van der Waals surface area contributed by atoms with Gasteiger partial charge in [0.1, 0.15) is 0 Å². The largest absolute Gasteiger partial charge is 0.454 e. The van der Waals surface area contributed by atoms with Gasteiger partial charge in [0.25, 0.3) is 5.69 Å². The maximum absolute atomic E-state index is 10.8. The van der Waals surface area contributed by atoms with Gasteiger partial charge < -0.3 is 14.4 Å². The van der Waals surface area contributed by atoms with E-state index in [4.69, 9.17) is 9.47 Å². The van der Waals surface area contributed by atoms with Crippen molar-refractivity contribution in [1.29, 1.82) is 0 Å². The number of nitro groups is 1. The van der Waals surface area contributed by atoms with Crippen LogP contribution in [0, 0.1) is 10.1 Å². The normalized spacial score (nSPS) is 19.1. The van der Waals surface area contributed by atoms with E-state index >= 15 is 0 Å². The standard InChI is InChI=1S/C17H16N2O4/c20-19(21)14-6-4-13(5-7-14)18-9-1-2-15(18)12-3-8-16-17(10-12)23-11-22-16/h3-8,10,15H,1-2,9,11H2. The van der Waals surface area contributed by atoms with Crippen LogP contribution in [0.2, 0.25) is 0 Å². The zero-order valence-corrected chi connectivity index (χ0v) is 12.5. The van der Waals surface area contributed by atoms with Crippen molar-refractivity contribution in [3.05, 3.63) is 58.1 Å². The minimum Gasteiger partial charge on any atom is -0.454 e. The van der Waals surface area contributed by atoms with Crippen LogP contribution >= 0.6 is 0 Å². The lowest BCUT2D eigenvalue weighted by atomic mass is 10.0. The number of nitro benzene ring substituents is 1. The summed E-state index contributed by atoms with van der Waals surface area (Å²) >= 11 is 0. The minimum atomic E-state index is -0.372. The van der Waals surface area contributed by atoms with Gasteiger partial charge in [0, 0.05) is 24.4 Å². The summed E-state index contributed by atoms with van der Waals surface area (Å²) in [5.41, 5.74) is 2.31. The van der Waals surface area contributed by atoms with Gasteiger partial charge in [-0.1, -0.05) is 6.07 Å². The fourth-order valence-corrected chi connectivity index (χ4v) is 3.31. The Morgan fingerprint density at radius 3 is 2.65 bits per heavy atom. The topological polar surface area (TPSA) is 64.8 Å². The maximum atomic E-state index is 10.8. The molecule has 0 amide bonds. The molecule has 0 radical (unpaired) electrons. The molecule has 0 N–H and O–H groups in total. The molecule has 0 aromatic heterocycles. The van der Waals surface area contributed by atoms with Crippen LogP contribution in [0.15, 0.2) is 42.5 Å². The second-order valence-corrected chi connectivity index (χ2v) is 5.74. The summed E-state index contributed by atoms with van der Waals surface area (Å²) in [7, 11) is 0. The average molecular weight is 312 g/mol. The first-order chi connectivity index (χ1) is 11.2. The van der Waals surface area contributed by atoms with Crippen LogP contribution in [0.4, 0.5) is 11.4 Å². The number of anilines is 1. The minimum absolute atomic E-state index is 0.118. The van der Waals surface area contributed by atoms with Crippen molar-refractivity contribution in [1.82, 2.24) is 0 Å². The van der Waals surface area contributed by atoms with Gasteiger partial charge in [-0.15, -0.1) is 0 Å². The molecule has 118 valence electrons. The first-order valence-electron chi connectivity index (χ1n) is 7.63. The third-order valence-corrected chi connectivity index (χ3v) is 4.43. The van der Waals surface area contributed by atoms with E-state index in [1.54, 1.807) is 12.1 Å². The summed E-state index contributed by atoms with van der Waals surface area (Å²) in [4.78, 5) is 12.7. The molecule has 2 aliphatic rings. The first-order valence-corrected chi connectivity index (χ1v) is 7.63. The molecule has 1 atom stereocenters. The van der Waals surface area contributed by atoms with Crippen molar-refractivity contribution in [2.24, 2.45) is 0 Å². The molecule has 4 rings (SSSR count). The Hall–Kier alpha value is -2.76. The van der Waals surface area contributed by atoms with Gasteiger partial charge in [0.15, 0.2) is 11.5 Å². The lowest BCUT2D eigenvalue weighted by molar-refractivity contribution is -0.384. The first kappa shape index (κ1) is 13.9. The second kappa shape index (κ2) is 5.46. The molecule has 6 heteroatoms. The van der Waals surface area contributed by atoms with Crippen molar-refractivity contribution in [2.45, 2.75) is 18.9 Å². The lowest BCUT2D eigenvalue weighted by Crippen LogP contribution is -2.22. The van der Waals surface area contributed by atoms with E-state index in [2.05, 4.69) is 11.0 Å². The molecule has 2 aliphatic heterocycles. The van der Waals surface area contributed by atoms with Crippen LogP contribution < -0.4 is 14.4 Å². The van der Waals surface area contributed by atoms with Crippen molar-refractivity contribution < 1.29 is 14.4 Å². The quantitative estimate of drug-likeness (QED) is 0.639. The van der Waals surface area contributed by atoms with Crippen molar-refractivity contribution in [3.63, 3.8) is 0 Å². The molecule has 2 heterocycles. The van der Waals surface area contributed by atoms with E-state index in [9.17, 15) is 10.1 Å². The van der Waals surface area contributed by atoms with Crippen LogP contribution in [0.25, 0.3) is 0 Å². The summed E-state index contributed by atoms with van der Waals surface area (Å²) in [5.74, 6) is 1.58. The monoisotopic (exact) mass is 312 g/mol. The fraction of sp³-hybridized carbons (Fsp3) is 0.294. The highest BCUT2D eigenvalue weighted by Crippen LogP contribution is 2.40. The third-order valence-electron chi connectivity index (χ3n) is 4.43. The van der Waals surface area contributed by atoms with Crippen LogP contribution in [-0.4, -0.2) is 18.3 Å². The van der Waals surface area contributed by atoms with E-state index in [0.717, 1.165) is 36.6 Å². The molecule has 0 spiro atoms. The van der Waals surface area contributed by atoms with E-state index < -0.39 is 0 Å². The summed E-state index contributed by atoms with van der Waals surface area (Å²) in [6.07, 6.45) is 2.15. The smallest absolute Gasteiger partial charge is 0.269 e. The Morgan fingerprint density at radius 1 is 1.09 bits per heavy atom. The molecule has 0 saturated carbocycles. The number of ether oxygens (including phenoxy) is 2. The number of hydrogen-bond donors (Lipinski definition) is 0. The van der Waals surface area contributed by atoms with E-state index in [-0.39, 0.29) is 23.4 Å². The highest BCUT2D eigenvalue weighted by atomic mass is 16.7. The number of rotatable bonds is 3. The molecule has 0 bridgehead atoms. The van der Waals surface area contributed by atoms with Crippen LogP contribution in [-0.2, 0) is 0 Å². The molecule has 0 aliphatic carbocycles. The summed E-state index contributed by atoms with van der Waals surface area (Å²) in [6.45, 7) is 1.21. The van der Waals surface area contributed by atoms with Crippen molar-refractivity contribution >= 4 is 11.4 Å². The summed E-state index contributed by atoms with van der Waals surface area (Å²) < 4.78 is 10.8. The molecular formula is C17H16N2O4. The predicted molar refractivity (Wildman–Crippen MR) is 85.0 cm³/mol. The van der Waals surface area contributed by atoms with E-state index in [0.29, 0.717) is 0 Å². The van der Waals surface area contributed by atoms with Gasteiger partial charge in [0.2, 0.25) is 6.79 Å². The van der Waals surface area contributed by atoms with Crippen molar-refractivity contribution in [3.8, 4) is 11.5 Å². The number of hydrogen-bond acceptors (Lipinski definition) is 5. The molecular weight excluding hydrogens is 296 g/mol. The zero-order chi connectivity index (χ0) is 15.8. The summed E-state index contributed by atoms with van der Waals surface area (Å²) in [6, 6.07) is 13.1. The Kier molecular flexibility index (Phi) is 3.29. The molecule has 1 fully saturated rings. The average Bonchev–Trinajstić information content (AvgIpc) is 3.23. The molecule has 2 aromatic rings. The number of non-ortho nitro benzene ring substituents is 1. The Morgan fingerprint density at radius 2 is 1.87 bits per heavy atom. The third kappa shape index (κ3) is 2.46. The van der Waals surface area contributed by atoms with Gasteiger partial charge >= 0.3 is 0 Å². The van der Waals surface area contributed by atoms with Gasteiger partial charge in [0.05, 0.1) is 11.0 Å². The highest BCUT2D eigenvalue weighted by molar-refractivity contribution is 5.55. The number of benzene rings is 2. The molecule has 2 aromatic carbocycles. The SMILES string of the molecule is O=[N+]([O-])c1ccc(N2CCCC2c2ccc3c(c2)OCO3)cc1. The Balaban J connectivity index is 1.62. The zero-order valence-electron chi connectivity index (χ0n) is 12.5. The molecule has 23 heavy (non-hydrogen) atoms. The van der Waals surface area contributed by atoms with E-state index in [1.165, 1.54) is 5.56 Å². The van der Waals surface area contributed by atoms with Gasteiger partial charge in [-0.3, -0.25) is 10.1 Å². The molecule has 6 nitrogen and oxygen atoms in total. The number of fused-ring (bicyclic) bond motifs is 1. The van der Waals surface area contributed by atoms with Crippen LogP contribution in [0.5, 0.6) is 11.5 Å². The van der Waals surface area contributed by atoms with Gasteiger partial charge in [-0.05, 0) is 42.7 Å². The van der Waals surface area contributed by atoms with Crippen LogP contribution in [0.1, 0.15) is 24.4 Å².